The van der Waals surface area contributed by atoms with Crippen LogP contribution in [-0.2, 0) is 4.74 Å². The molecule has 2 aromatic rings. The first kappa shape index (κ1) is 13.0. The quantitative estimate of drug-likeness (QED) is 0.896. The second-order valence-corrected chi connectivity index (χ2v) is 4.78. The SMILES string of the molecule is CCCC(OC)c1noc(-c2c(C)nsc2N)n1. The topological polar surface area (TPSA) is 87.1 Å². The highest BCUT2D eigenvalue weighted by Gasteiger charge is 2.21. The number of ether oxygens (including phenoxy) is 1. The molecule has 7 heteroatoms. The van der Waals surface area contributed by atoms with Crippen LogP contribution in [0.25, 0.3) is 11.5 Å². The van der Waals surface area contributed by atoms with Crippen LogP contribution in [0.2, 0.25) is 0 Å². The third-order valence-corrected chi connectivity index (χ3v) is 3.43. The Morgan fingerprint density at radius 2 is 2.28 bits per heavy atom. The number of aryl methyl sites for hydroxylation is 1. The van der Waals surface area contributed by atoms with Crippen molar-refractivity contribution in [3.05, 3.63) is 11.5 Å². The van der Waals surface area contributed by atoms with Gasteiger partial charge in [0.25, 0.3) is 5.89 Å². The van der Waals surface area contributed by atoms with E-state index in [0.717, 1.165) is 24.1 Å². The molecule has 2 heterocycles. The molecule has 0 amide bonds. The second-order valence-electron chi connectivity index (χ2n) is 3.98. The highest BCUT2D eigenvalue weighted by Crippen LogP contribution is 2.32. The number of nitrogen functional groups attached to an aromatic ring is 1. The van der Waals surface area contributed by atoms with Gasteiger partial charge in [-0.25, -0.2) is 0 Å². The first-order valence-corrected chi connectivity index (χ1v) is 6.53. The number of rotatable bonds is 5. The smallest absolute Gasteiger partial charge is 0.262 e. The Morgan fingerprint density at radius 3 is 2.83 bits per heavy atom. The van der Waals surface area contributed by atoms with Gasteiger partial charge in [0.15, 0.2) is 0 Å². The van der Waals surface area contributed by atoms with Gasteiger partial charge in [0.2, 0.25) is 5.82 Å². The van der Waals surface area contributed by atoms with E-state index in [-0.39, 0.29) is 6.10 Å². The lowest BCUT2D eigenvalue weighted by Gasteiger charge is -2.08. The summed E-state index contributed by atoms with van der Waals surface area (Å²) in [5.41, 5.74) is 7.38. The van der Waals surface area contributed by atoms with Crippen molar-refractivity contribution in [3.63, 3.8) is 0 Å². The van der Waals surface area contributed by atoms with E-state index in [4.69, 9.17) is 15.0 Å². The number of nitrogens with two attached hydrogens (primary N) is 1. The van der Waals surface area contributed by atoms with E-state index in [1.54, 1.807) is 7.11 Å². The van der Waals surface area contributed by atoms with Gasteiger partial charge in [-0.15, -0.1) is 0 Å². The molecule has 1 atom stereocenters. The summed E-state index contributed by atoms with van der Waals surface area (Å²) in [5, 5.41) is 4.54. The molecule has 0 fully saturated rings. The van der Waals surface area contributed by atoms with Crippen LogP contribution >= 0.6 is 11.5 Å². The summed E-state index contributed by atoms with van der Waals surface area (Å²) in [5.74, 6) is 0.964. The number of hydrogen-bond donors (Lipinski definition) is 1. The minimum atomic E-state index is -0.138. The molecule has 0 saturated heterocycles. The van der Waals surface area contributed by atoms with E-state index >= 15 is 0 Å². The van der Waals surface area contributed by atoms with Gasteiger partial charge >= 0.3 is 0 Å². The first-order chi connectivity index (χ1) is 8.67. The molecular weight excluding hydrogens is 252 g/mol. The lowest BCUT2D eigenvalue weighted by atomic mass is 10.2. The maximum Gasteiger partial charge on any atom is 0.262 e. The molecule has 0 aliphatic heterocycles. The fourth-order valence-electron chi connectivity index (χ4n) is 1.73. The van der Waals surface area contributed by atoms with Crippen molar-refractivity contribution in [1.82, 2.24) is 14.5 Å². The van der Waals surface area contributed by atoms with Crippen LogP contribution in [0.4, 0.5) is 5.00 Å². The van der Waals surface area contributed by atoms with Crippen molar-refractivity contribution in [2.24, 2.45) is 0 Å². The predicted octanol–water partition coefficient (Wildman–Crippen LogP) is 2.57. The monoisotopic (exact) mass is 268 g/mol. The van der Waals surface area contributed by atoms with Gasteiger partial charge in [-0.3, -0.25) is 0 Å². The van der Waals surface area contributed by atoms with E-state index in [1.807, 2.05) is 6.92 Å². The summed E-state index contributed by atoms with van der Waals surface area (Å²) in [6.45, 7) is 3.95. The molecule has 0 spiro atoms. The molecule has 0 bridgehead atoms. The van der Waals surface area contributed by atoms with Gasteiger partial charge in [-0.05, 0) is 24.9 Å². The average molecular weight is 268 g/mol. The third-order valence-electron chi connectivity index (χ3n) is 2.67. The number of methoxy groups -OCH3 is 1. The highest BCUT2D eigenvalue weighted by atomic mass is 32.1. The molecule has 0 aromatic carbocycles. The minimum Gasteiger partial charge on any atom is -0.389 e. The van der Waals surface area contributed by atoms with Crippen LogP contribution in [0.15, 0.2) is 4.52 Å². The molecule has 0 saturated carbocycles. The summed E-state index contributed by atoms with van der Waals surface area (Å²) in [7, 11) is 1.64. The maximum absolute atomic E-state index is 5.85. The normalized spacial score (nSPS) is 12.8. The Morgan fingerprint density at radius 1 is 1.50 bits per heavy atom. The van der Waals surface area contributed by atoms with Crippen molar-refractivity contribution in [3.8, 4) is 11.5 Å². The van der Waals surface area contributed by atoms with Crippen molar-refractivity contribution >= 4 is 16.5 Å². The number of hydrogen-bond acceptors (Lipinski definition) is 7. The zero-order valence-corrected chi connectivity index (χ0v) is 11.5. The molecular formula is C11H16N4O2S. The van der Waals surface area contributed by atoms with E-state index < -0.39 is 0 Å². The van der Waals surface area contributed by atoms with Crippen LogP contribution in [0.1, 0.15) is 37.4 Å². The van der Waals surface area contributed by atoms with Gasteiger partial charge in [-0.1, -0.05) is 18.5 Å². The molecule has 2 rings (SSSR count). The van der Waals surface area contributed by atoms with E-state index in [1.165, 1.54) is 11.5 Å². The van der Waals surface area contributed by atoms with Gasteiger partial charge in [0.1, 0.15) is 11.1 Å². The molecule has 0 aliphatic rings. The third kappa shape index (κ3) is 2.37. The first-order valence-electron chi connectivity index (χ1n) is 5.75. The summed E-state index contributed by atoms with van der Waals surface area (Å²) in [6.07, 6.45) is 1.70. The van der Waals surface area contributed by atoms with Crippen molar-refractivity contribution in [2.45, 2.75) is 32.8 Å². The van der Waals surface area contributed by atoms with Crippen LogP contribution in [0.3, 0.4) is 0 Å². The molecule has 18 heavy (non-hydrogen) atoms. The van der Waals surface area contributed by atoms with Crippen molar-refractivity contribution in [2.75, 3.05) is 12.8 Å². The van der Waals surface area contributed by atoms with E-state index in [0.29, 0.717) is 16.7 Å². The van der Waals surface area contributed by atoms with Crippen LogP contribution in [0, 0.1) is 6.92 Å². The Balaban J connectivity index is 2.30. The highest BCUT2D eigenvalue weighted by molar-refractivity contribution is 7.10. The molecule has 2 N–H and O–H groups in total. The van der Waals surface area contributed by atoms with Gasteiger partial charge < -0.3 is 15.0 Å². The summed E-state index contributed by atoms with van der Waals surface area (Å²) in [4.78, 5) is 4.35. The van der Waals surface area contributed by atoms with Crippen LogP contribution < -0.4 is 5.73 Å². The second kappa shape index (κ2) is 5.45. The summed E-state index contributed by atoms with van der Waals surface area (Å²) < 4.78 is 14.7. The lowest BCUT2D eigenvalue weighted by Crippen LogP contribution is -2.03. The molecule has 0 aliphatic carbocycles. The Hall–Kier alpha value is -1.47. The fourth-order valence-corrected chi connectivity index (χ4v) is 2.38. The molecule has 1 unspecified atom stereocenters. The zero-order chi connectivity index (χ0) is 13.1. The Bertz CT molecular complexity index is 503. The van der Waals surface area contributed by atoms with Gasteiger partial charge in [-0.2, -0.15) is 9.36 Å². The molecule has 2 aromatic heterocycles. The number of aromatic nitrogens is 3. The van der Waals surface area contributed by atoms with E-state index in [9.17, 15) is 0 Å². The standard InChI is InChI=1S/C11H16N4O2S/c1-4-5-7(16-3)10-13-11(17-14-10)8-6(2)15-18-9(8)12/h7H,4-5,12H2,1-3H3. The zero-order valence-electron chi connectivity index (χ0n) is 10.6. The van der Waals surface area contributed by atoms with E-state index in [2.05, 4.69) is 21.4 Å². The predicted molar refractivity (Wildman–Crippen MR) is 69.2 cm³/mol. The van der Waals surface area contributed by atoms with Gasteiger partial charge in [0, 0.05) is 7.11 Å². The number of anilines is 1. The van der Waals surface area contributed by atoms with Crippen molar-refractivity contribution < 1.29 is 9.26 Å². The summed E-state index contributed by atoms with van der Waals surface area (Å²) >= 11 is 1.23. The largest absolute Gasteiger partial charge is 0.389 e. The van der Waals surface area contributed by atoms with Gasteiger partial charge in [0.05, 0.1) is 11.3 Å². The van der Waals surface area contributed by atoms with Crippen LogP contribution in [0.5, 0.6) is 0 Å². The van der Waals surface area contributed by atoms with Crippen LogP contribution in [-0.4, -0.2) is 21.6 Å². The lowest BCUT2D eigenvalue weighted by molar-refractivity contribution is 0.0854. The molecule has 0 radical (unpaired) electrons. The molecule has 6 nitrogen and oxygen atoms in total. The number of nitrogens with zero attached hydrogens (tertiary/aromatic N) is 3. The summed E-state index contributed by atoms with van der Waals surface area (Å²) in [6, 6.07) is 0. The molecule has 98 valence electrons. The minimum absolute atomic E-state index is 0.138. The fraction of sp³-hybridized carbons (Fsp3) is 0.545. The van der Waals surface area contributed by atoms with Crippen molar-refractivity contribution in [1.29, 1.82) is 0 Å². The Kier molecular flexibility index (Phi) is 3.93. The average Bonchev–Trinajstić information content (AvgIpc) is 2.94. The maximum atomic E-state index is 5.85. The Labute approximate surface area is 109 Å².